The van der Waals surface area contributed by atoms with Crippen molar-refractivity contribution in [2.75, 3.05) is 13.2 Å². The normalized spacial score (nSPS) is 11.1. The standard InChI is InChI=1S/C11H20N2OS/c1-10(2)14-7-4-3-5-12-9-11-13-6-8-15-11/h6,8,10,12H,3-5,7,9H2,1-2H3. The van der Waals surface area contributed by atoms with Gasteiger partial charge in [0.25, 0.3) is 0 Å². The SMILES string of the molecule is CC(C)OCCCCNCc1nccs1. The lowest BCUT2D eigenvalue weighted by atomic mass is 10.3. The van der Waals surface area contributed by atoms with Crippen molar-refractivity contribution in [2.45, 2.75) is 39.3 Å². The highest BCUT2D eigenvalue weighted by Crippen LogP contribution is 2.02. The second kappa shape index (κ2) is 7.79. The Balaban J connectivity index is 1.85. The van der Waals surface area contributed by atoms with E-state index in [4.69, 9.17) is 4.74 Å². The molecule has 3 nitrogen and oxygen atoms in total. The molecule has 1 N–H and O–H groups in total. The molecule has 0 aliphatic rings. The Labute approximate surface area is 95.9 Å². The van der Waals surface area contributed by atoms with Gasteiger partial charge >= 0.3 is 0 Å². The maximum atomic E-state index is 5.46. The fourth-order valence-electron chi connectivity index (χ4n) is 1.21. The highest BCUT2D eigenvalue weighted by molar-refractivity contribution is 7.09. The molecule has 0 amide bonds. The van der Waals surface area contributed by atoms with Crippen molar-refractivity contribution in [1.29, 1.82) is 0 Å². The summed E-state index contributed by atoms with van der Waals surface area (Å²) in [4.78, 5) is 4.20. The summed E-state index contributed by atoms with van der Waals surface area (Å²) in [5.74, 6) is 0. The van der Waals surface area contributed by atoms with Crippen molar-refractivity contribution in [3.8, 4) is 0 Å². The van der Waals surface area contributed by atoms with Crippen LogP contribution >= 0.6 is 11.3 Å². The predicted octanol–water partition coefficient (Wildman–Crippen LogP) is 2.44. The van der Waals surface area contributed by atoms with E-state index in [2.05, 4.69) is 24.1 Å². The average molecular weight is 228 g/mol. The van der Waals surface area contributed by atoms with Crippen molar-refractivity contribution in [3.05, 3.63) is 16.6 Å². The summed E-state index contributed by atoms with van der Waals surface area (Å²) in [7, 11) is 0. The number of hydrogen-bond donors (Lipinski definition) is 1. The van der Waals surface area contributed by atoms with E-state index in [0.29, 0.717) is 6.10 Å². The lowest BCUT2D eigenvalue weighted by Gasteiger charge is -2.07. The Kier molecular flexibility index (Phi) is 6.55. The third-order valence-corrected chi connectivity index (χ3v) is 2.74. The summed E-state index contributed by atoms with van der Waals surface area (Å²) >= 11 is 1.70. The zero-order valence-corrected chi connectivity index (χ0v) is 10.3. The van der Waals surface area contributed by atoms with Crippen LogP contribution in [0.1, 0.15) is 31.7 Å². The van der Waals surface area contributed by atoms with Gasteiger partial charge < -0.3 is 10.1 Å². The molecule has 0 aliphatic carbocycles. The van der Waals surface area contributed by atoms with Crippen LogP contribution in [0, 0.1) is 0 Å². The summed E-state index contributed by atoms with van der Waals surface area (Å²) in [6.45, 7) is 6.95. The highest BCUT2D eigenvalue weighted by Gasteiger charge is 1.95. The van der Waals surface area contributed by atoms with E-state index < -0.39 is 0 Å². The predicted molar refractivity (Wildman–Crippen MR) is 64.1 cm³/mol. The van der Waals surface area contributed by atoms with Crippen molar-refractivity contribution in [1.82, 2.24) is 10.3 Å². The van der Waals surface area contributed by atoms with E-state index in [1.54, 1.807) is 11.3 Å². The molecule has 0 spiro atoms. The molecule has 15 heavy (non-hydrogen) atoms. The first-order valence-electron chi connectivity index (χ1n) is 5.49. The minimum Gasteiger partial charge on any atom is -0.379 e. The summed E-state index contributed by atoms with van der Waals surface area (Å²) in [6.07, 6.45) is 4.49. The van der Waals surface area contributed by atoms with Gasteiger partial charge in [0.15, 0.2) is 0 Å². The Bertz CT molecular complexity index is 237. The number of hydrogen-bond acceptors (Lipinski definition) is 4. The van der Waals surface area contributed by atoms with Crippen LogP contribution in [-0.4, -0.2) is 24.2 Å². The minimum absolute atomic E-state index is 0.355. The zero-order valence-electron chi connectivity index (χ0n) is 9.53. The fraction of sp³-hybridized carbons (Fsp3) is 0.727. The third kappa shape index (κ3) is 6.60. The summed E-state index contributed by atoms with van der Waals surface area (Å²) in [5, 5.41) is 6.54. The summed E-state index contributed by atoms with van der Waals surface area (Å²) < 4.78 is 5.46. The quantitative estimate of drug-likeness (QED) is 0.694. The lowest BCUT2D eigenvalue weighted by molar-refractivity contribution is 0.0760. The van der Waals surface area contributed by atoms with E-state index in [0.717, 1.165) is 37.5 Å². The number of unbranched alkanes of at least 4 members (excludes halogenated alkanes) is 1. The van der Waals surface area contributed by atoms with Gasteiger partial charge in [-0.2, -0.15) is 0 Å². The first kappa shape index (κ1) is 12.6. The van der Waals surface area contributed by atoms with Gasteiger partial charge in [0.2, 0.25) is 0 Å². The molecule has 1 heterocycles. The number of nitrogens with one attached hydrogen (secondary N) is 1. The maximum absolute atomic E-state index is 5.46. The van der Waals surface area contributed by atoms with Crippen LogP contribution in [0.25, 0.3) is 0 Å². The van der Waals surface area contributed by atoms with E-state index in [1.807, 2.05) is 11.6 Å². The number of ether oxygens (including phenoxy) is 1. The van der Waals surface area contributed by atoms with Gasteiger partial charge in [-0.1, -0.05) is 0 Å². The lowest BCUT2D eigenvalue weighted by Crippen LogP contribution is -2.15. The van der Waals surface area contributed by atoms with E-state index in [-0.39, 0.29) is 0 Å². The van der Waals surface area contributed by atoms with E-state index in [1.165, 1.54) is 0 Å². The molecule has 0 aromatic carbocycles. The van der Waals surface area contributed by atoms with Crippen LogP contribution in [0.15, 0.2) is 11.6 Å². The molecule has 1 rings (SSSR count). The molecule has 4 heteroatoms. The first-order valence-corrected chi connectivity index (χ1v) is 6.37. The molecule has 0 fully saturated rings. The highest BCUT2D eigenvalue weighted by atomic mass is 32.1. The van der Waals surface area contributed by atoms with Crippen LogP contribution in [0.4, 0.5) is 0 Å². The second-order valence-electron chi connectivity index (χ2n) is 3.73. The molecule has 0 saturated heterocycles. The Morgan fingerprint density at radius 3 is 3.00 bits per heavy atom. The van der Waals surface area contributed by atoms with Gasteiger partial charge in [0.05, 0.1) is 6.10 Å². The number of nitrogens with zero attached hydrogens (tertiary/aromatic N) is 1. The summed E-state index contributed by atoms with van der Waals surface area (Å²) in [5.41, 5.74) is 0. The third-order valence-electron chi connectivity index (χ3n) is 1.96. The van der Waals surface area contributed by atoms with Gasteiger partial charge in [-0.05, 0) is 33.2 Å². The zero-order chi connectivity index (χ0) is 10.9. The molecular formula is C11H20N2OS. The molecule has 0 unspecified atom stereocenters. The number of aromatic nitrogens is 1. The van der Waals surface area contributed by atoms with Crippen LogP contribution in [-0.2, 0) is 11.3 Å². The van der Waals surface area contributed by atoms with Crippen molar-refractivity contribution in [3.63, 3.8) is 0 Å². The van der Waals surface area contributed by atoms with Gasteiger partial charge in [0.1, 0.15) is 5.01 Å². The second-order valence-corrected chi connectivity index (χ2v) is 4.71. The first-order chi connectivity index (χ1) is 7.29. The summed E-state index contributed by atoms with van der Waals surface area (Å²) in [6, 6.07) is 0. The maximum Gasteiger partial charge on any atom is 0.106 e. The Hall–Kier alpha value is -0.450. The van der Waals surface area contributed by atoms with Crippen molar-refractivity contribution >= 4 is 11.3 Å². The fourth-order valence-corrected chi connectivity index (χ4v) is 1.79. The van der Waals surface area contributed by atoms with E-state index >= 15 is 0 Å². The van der Waals surface area contributed by atoms with Crippen LogP contribution in [0.2, 0.25) is 0 Å². The molecule has 0 atom stereocenters. The molecule has 1 aromatic heterocycles. The molecule has 1 aromatic rings. The van der Waals surface area contributed by atoms with E-state index in [9.17, 15) is 0 Å². The number of thiazole rings is 1. The van der Waals surface area contributed by atoms with Crippen LogP contribution in [0.5, 0.6) is 0 Å². The smallest absolute Gasteiger partial charge is 0.106 e. The minimum atomic E-state index is 0.355. The van der Waals surface area contributed by atoms with Crippen molar-refractivity contribution < 1.29 is 4.74 Å². The van der Waals surface area contributed by atoms with Gasteiger partial charge in [-0.3, -0.25) is 0 Å². The largest absolute Gasteiger partial charge is 0.379 e. The Morgan fingerprint density at radius 1 is 1.47 bits per heavy atom. The average Bonchev–Trinajstić information content (AvgIpc) is 2.68. The van der Waals surface area contributed by atoms with Crippen molar-refractivity contribution in [2.24, 2.45) is 0 Å². The van der Waals surface area contributed by atoms with Crippen LogP contribution in [0.3, 0.4) is 0 Å². The monoisotopic (exact) mass is 228 g/mol. The van der Waals surface area contributed by atoms with Gasteiger partial charge in [0, 0.05) is 24.7 Å². The molecule has 0 aliphatic heterocycles. The number of rotatable bonds is 8. The molecule has 0 radical (unpaired) electrons. The van der Waals surface area contributed by atoms with Gasteiger partial charge in [-0.15, -0.1) is 11.3 Å². The topological polar surface area (TPSA) is 34.1 Å². The molecule has 0 saturated carbocycles. The Morgan fingerprint density at radius 2 is 2.33 bits per heavy atom. The molecular weight excluding hydrogens is 208 g/mol. The molecule has 0 bridgehead atoms. The van der Waals surface area contributed by atoms with Crippen LogP contribution < -0.4 is 5.32 Å². The molecule has 86 valence electrons. The van der Waals surface area contributed by atoms with Gasteiger partial charge in [-0.25, -0.2) is 4.98 Å².